The highest BCUT2D eigenvalue weighted by Crippen LogP contribution is 2.24. The van der Waals surface area contributed by atoms with E-state index in [0.717, 1.165) is 83.7 Å². The van der Waals surface area contributed by atoms with Crippen molar-refractivity contribution in [1.29, 1.82) is 0 Å². The minimum Gasteiger partial charge on any atom is -0.478 e. The van der Waals surface area contributed by atoms with Crippen LogP contribution in [0.5, 0.6) is 0 Å². The van der Waals surface area contributed by atoms with Crippen LogP contribution in [-0.2, 0) is 25.9 Å². The summed E-state index contributed by atoms with van der Waals surface area (Å²) in [6.45, 7) is 12.5. The number of fused-ring (bicyclic) bond motifs is 2. The monoisotopic (exact) mass is 944 g/mol. The van der Waals surface area contributed by atoms with Gasteiger partial charge in [-0.3, -0.25) is 24.7 Å². The number of aryl methyl sites for hydroxylation is 6. The van der Waals surface area contributed by atoms with Gasteiger partial charge >= 0.3 is 5.97 Å². The number of nitrogen functional groups attached to an aromatic ring is 2. The SMILES string of the molecule is Cc1cc(N)nc(C)c1CN.Cc1cc(N)nc(C)c1CNC(=O)c1ccnc(Cc2ccc3nc(C)c(Cl)cc3c2)c1.Cc1nc2ccc(Cc3cc(C(=O)O)ccn3)cc2cc1Cl.Cl. The lowest BCUT2D eigenvalue weighted by Gasteiger charge is -2.12. The molecule has 66 heavy (non-hydrogen) atoms. The van der Waals surface area contributed by atoms with Crippen LogP contribution in [0.4, 0.5) is 11.6 Å². The van der Waals surface area contributed by atoms with Gasteiger partial charge in [-0.25, -0.2) is 14.8 Å². The van der Waals surface area contributed by atoms with Gasteiger partial charge in [0.15, 0.2) is 0 Å². The first kappa shape index (κ1) is 50.2. The van der Waals surface area contributed by atoms with Crippen LogP contribution >= 0.6 is 35.6 Å². The molecule has 0 saturated heterocycles. The summed E-state index contributed by atoms with van der Waals surface area (Å²) in [4.78, 5) is 49.7. The average Bonchev–Trinajstić information content (AvgIpc) is 3.25. The third kappa shape index (κ3) is 12.9. The predicted molar refractivity (Wildman–Crippen MR) is 267 cm³/mol. The number of hydrogen-bond acceptors (Lipinski definition) is 11. The topological polar surface area (TPSA) is 222 Å². The van der Waals surface area contributed by atoms with E-state index in [0.29, 0.717) is 58.9 Å². The molecule has 0 aliphatic rings. The Morgan fingerprint density at radius 2 is 1.05 bits per heavy atom. The van der Waals surface area contributed by atoms with Gasteiger partial charge in [0.2, 0.25) is 0 Å². The fraction of sp³-hybridized carbons (Fsp3) is 0.200. The molecule has 0 aliphatic carbocycles. The second kappa shape index (κ2) is 22.4. The quantitative estimate of drug-likeness (QED) is 0.0913. The highest BCUT2D eigenvalue weighted by atomic mass is 35.5. The molecule has 8 rings (SSSR count). The Hall–Kier alpha value is -6.77. The molecule has 1 amide bonds. The van der Waals surface area contributed by atoms with Crippen LogP contribution in [0.2, 0.25) is 10.0 Å². The molecule has 0 saturated carbocycles. The number of amides is 1. The molecule has 6 aromatic heterocycles. The van der Waals surface area contributed by atoms with Crippen molar-refractivity contribution >= 4 is 80.9 Å². The van der Waals surface area contributed by atoms with E-state index in [1.165, 1.54) is 12.3 Å². The lowest BCUT2D eigenvalue weighted by atomic mass is 10.0. The zero-order valence-electron chi connectivity index (χ0n) is 37.4. The number of aromatic nitrogens is 6. The molecule has 0 radical (unpaired) electrons. The maximum absolute atomic E-state index is 12.7. The number of hydrogen-bond donors (Lipinski definition) is 5. The number of pyridine rings is 6. The third-order valence-corrected chi connectivity index (χ3v) is 11.5. The summed E-state index contributed by atoms with van der Waals surface area (Å²) in [5.41, 5.74) is 30.6. The van der Waals surface area contributed by atoms with Crippen molar-refractivity contribution in [1.82, 2.24) is 35.2 Å². The largest absolute Gasteiger partial charge is 0.478 e. The molecular weight excluding hydrogens is 895 g/mol. The van der Waals surface area contributed by atoms with Crippen LogP contribution in [0, 0.1) is 41.5 Å². The average molecular weight is 946 g/mol. The van der Waals surface area contributed by atoms with E-state index in [2.05, 4.69) is 41.3 Å². The second-order valence-corrected chi connectivity index (χ2v) is 16.5. The van der Waals surface area contributed by atoms with Crippen molar-refractivity contribution in [3.05, 3.63) is 186 Å². The number of benzene rings is 2. The second-order valence-electron chi connectivity index (χ2n) is 15.6. The van der Waals surface area contributed by atoms with Gasteiger partial charge < -0.3 is 27.6 Å². The number of nitrogens with two attached hydrogens (primary N) is 3. The van der Waals surface area contributed by atoms with Crippen molar-refractivity contribution in [2.45, 2.75) is 67.5 Å². The van der Waals surface area contributed by atoms with E-state index in [4.69, 9.17) is 45.5 Å². The molecular formula is C50H51Cl3N10O3. The highest BCUT2D eigenvalue weighted by Gasteiger charge is 2.12. The summed E-state index contributed by atoms with van der Waals surface area (Å²) in [5.74, 6) is -0.0595. The number of nitrogens with one attached hydrogen (secondary N) is 1. The maximum Gasteiger partial charge on any atom is 0.335 e. The molecule has 16 heteroatoms. The summed E-state index contributed by atoms with van der Waals surface area (Å²) in [6, 6.07) is 26.1. The molecule has 6 heterocycles. The molecule has 0 spiro atoms. The van der Waals surface area contributed by atoms with Crippen molar-refractivity contribution in [2.75, 3.05) is 11.5 Å². The summed E-state index contributed by atoms with van der Waals surface area (Å²) >= 11 is 12.3. The van der Waals surface area contributed by atoms with Crippen molar-refractivity contribution in [3.8, 4) is 0 Å². The van der Waals surface area contributed by atoms with Crippen LogP contribution in [0.15, 0.2) is 97.3 Å². The smallest absolute Gasteiger partial charge is 0.335 e. The fourth-order valence-electron chi connectivity index (χ4n) is 7.28. The van der Waals surface area contributed by atoms with Crippen LogP contribution in [0.25, 0.3) is 21.8 Å². The van der Waals surface area contributed by atoms with Crippen LogP contribution < -0.4 is 22.5 Å². The first-order chi connectivity index (χ1) is 31.0. The number of aromatic carboxylic acids is 1. The van der Waals surface area contributed by atoms with Crippen molar-refractivity contribution in [3.63, 3.8) is 0 Å². The molecule has 8 N–H and O–H groups in total. The Labute approximate surface area is 399 Å². The van der Waals surface area contributed by atoms with Crippen molar-refractivity contribution < 1.29 is 14.7 Å². The van der Waals surface area contributed by atoms with Crippen LogP contribution in [-0.4, -0.2) is 46.9 Å². The van der Waals surface area contributed by atoms with Gasteiger partial charge in [0, 0.05) is 77.4 Å². The molecule has 0 aliphatic heterocycles. The number of nitrogens with zero attached hydrogens (tertiary/aromatic N) is 6. The Balaban J connectivity index is 0.000000207. The van der Waals surface area contributed by atoms with E-state index < -0.39 is 5.97 Å². The summed E-state index contributed by atoms with van der Waals surface area (Å²) in [5, 5.41) is 15.2. The van der Waals surface area contributed by atoms with Gasteiger partial charge in [-0.1, -0.05) is 35.3 Å². The van der Waals surface area contributed by atoms with Crippen LogP contribution in [0.1, 0.15) is 88.3 Å². The Morgan fingerprint density at radius 1 is 0.591 bits per heavy atom. The number of carboxylic acid groups (broad SMARTS) is 1. The molecule has 0 unspecified atom stereocenters. The number of rotatable bonds is 9. The number of carbonyl (C=O) groups is 2. The lowest BCUT2D eigenvalue weighted by molar-refractivity contribution is 0.0696. The predicted octanol–water partition coefficient (Wildman–Crippen LogP) is 9.75. The minimum absolute atomic E-state index is 0. The fourth-order valence-corrected chi connectivity index (χ4v) is 7.60. The summed E-state index contributed by atoms with van der Waals surface area (Å²) < 4.78 is 0. The Morgan fingerprint density at radius 3 is 1.50 bits per heavy atom. The third-order valence-electron chi connectivity index (χ3n) is 10.7. The molecule has 2 aromatic carbocycles. The number of carbonyl (C=O) groups excluding carboxylic acids is 1. The van der Waals surface area contributed by atoms with Gasteiger partial charge in [0.1, 0.15) is 11.6 Å². The van der Waals surface area contributed by atoms with Gasteiger partial charge in [-0.15, -0.1) is 12.4 Å². The first-order valence-electron chi connectivity index (χ1n) is 20.7. The van der Waals surface area contributed by atoms with E-state index in [-0.39, 0.29) is 23.9 Å². The highest BCUT2D eigenvalue weighted by molar-refractivity contribution is 6.32. The molecule has 13 nitrogen and oxygen atoms in total. The molecule has 0 bridgehead atoms. The van der Waals surface area contributed by atoms with Crippen molar-refractivity contribution in [2.24, 2.45) is 5.73 Å². The summed E-state index contributed by atoms with van der Waals surface area (Å²) in [7, 11) is 0. The number of carboxylic acids is 1. The lowest BCUT2D eigenvalue weighted by Crippen LogP contribution is -2.24. The van der Waals surface area contributed by atoms with E-state index in [9.17, 15) is 9.59 Å². The number of anilines is 2. The van der Waals surface area contributed by atoms with E-state index in [1.807, 2.05) is 102 Å². The molecule has 0 atom stereocenters. The van der Waals surface area contributed by atoms with Gasteiger partial charge in [0.25, 0.3) is 5.91 Å². The molecule has 340 valence electrons. The molecule has 0 fully saturated rings. The van der Waals surface area contributed by atoms with Crippen LogP contribution in [0.3, 0.4) is 0 Å². The summed E-state index contributed by atoms with van der Waals surface area (Å²) in [6.07, 6.45) is 4.33. The van der Waals surface area contributed by atoms with Gasteiger partial charge in [-0.2, -0.15) is 0 Å². The molecule has 8 aromatic rings. The Kier molecular flexibility index (Phi) is 17.1. The normalized spacial score (nSPS) is 10.6. The van der Waals surface area contributed by atoms with Gasteiger partial charge in [0.05, 0.1) is 38.0 Å². The minimum atomic E-state index is -0.950. The van der Waals surface area contributed by atoms with E-state index in [1.54, 1.807) is 18.3 Å². The Bertz CT molecular complexity index is 3030. The zero-order valence-corrected chi connectivity index (χ0v) is 39.7. The van der Waals surface area contributed by atoms with E-state index >= 15 is 0 Å². The maximum atomic E-state index is 12.7. The number of halogens is 3. The zero-order chi connectivity index (χ0) is 46.9. The van der Waals surface area contributed by atoms with Gasteiger partial charge in [-0.05, 0) is 148 Å². The standard InChI is InChI=1S/C25H24ClN5O.C17H13ClN2O2.C8H13N3.ClH/c1-14-8-24(27)31-15(2)21(14)13-29-25(32)18-6-7-28-20(11-18)10-17-4-5-23-19(9-17)12-22(26)16(3)30-23;1-10-15(18)9-13-6-11(2-3-16(13)20-10)7-14-8-12(17(21)22)4-5-19-14;1-5-3-8(10)11-6(2)7(5)4-9;/h4-9,11-12H,10,13H2,1-3H3,(H2,27,31)(H,29,32);2-6,8-9H,7H2,1H3,(H,21,22);3H,4,9H2,1-2H3,(H2,10,11);1H. The first-order valence-corrected chi connectivity index (χ1v) is 21.4.